The van der Waals surface area contributed by atoms with Crippen molar-refractivity contribution in [3.05, 3.63) is 102 Å². The van der Waals surface area contributed by atoms with Gasteiger partial charge in [-0.2, -0.15) is 5.26 Å². The molecule has 10 nitrogen and oxygen atoms in total. The lowest BCUT2D eigenvalue weighted by Crippen LogP contribution is -2.14. The molecule has 0 heterocycles. The molecule has 0 saturated carbocycles. The van der Waals surface area contributed by atoms with Crippen LogP contribution in [0.5, 0.6) is 11.5 Å². The Labute approximate surface area is 208 Å². The normalized spacial score (nSPS) is 10.9. The van der Waals surface area contributed by atoms with Gasteiger partial charge in [0, 0.05) is 11.8 Å². The van der Waals surface area contributed by atoms with Crippen LogP contribution in [0.15, 0.2) is 60.2 Å². The molecule has 0 atom stereocenters. The summed E-state index contributed by atoms with van der Waals surface area (Å²) in [5.41, 5.74) is 0.279. The Bertz CT molecular complexity index is 1410. The van der Waals surface area contributed by atoms with Crippen LogP contribution in [0.2, 0.25) is 10.0 Å². The van der Waals surface area contributed by atoms with E-state index in [1.807, 2.05) is 12.1 Å². The van der Waals surface area contributed by atoms with Crippen molar-refractivity contribution in [1.29, 1.82) is 5.26 Å². The molecule has 0 fully saturated rings. The molecule has 12 heteroatoms. The summed E-state index contributed by atoms with van der Waals surface area (Å²) in [7, 11) is 0. The first-order valence-corrected chi connectivity index (χ1v) is 10.4. The largest absolute Gasteiger partial charge is 0.447 e. The second-order valence-electron chi connectivity index (χ2n) is 7.02. The molecule has 3 aromatic carbocycles. The molecule has 1 N–H and O–H groups in total. The van der Waals surface area contributed by atoms with Gasteiger partial charge in [-0.1, -0.05) is 41.4 Å². The smallest absolute Gasteiger partial charge is 0.318 e. The highest BCUT2D eigenvalue weighted by molar-refractivity contribution is 6.37. The Morgan fingerprint density at radius 1 is 1.06 bits per heavy atom. The summed E-state index contributed by atoms with van der Waals surface area (Å²) in [6.07, 6.45) is 1.27. The van der Waals surface area contributed by atoms with Gasteiger partial charge in [-0.25, -0.2) is 0 Å². The van der Waals surface area contributed by atoms with E-state index >= 15 is 0 Å². The number of non-ortho nitro benzene ring substituents is 1. The number of ether oxygens (including phenoxy) is 1. The maximum absolute atomic E-state index is 12.6. The summed E-state index contributed by atoms with van der Waals surface area (Å²) >= 11 is 12.5. The number of nitrogens with zero attached hydrogens (tertiary/aromatic N) is 3. The van der Waals surface area contributed by atoms with E-state index in [1.54, 1.807) is 25.1 Å². The average molecular weight is 513 g/mol. The number of halogens is 2. The van der Waals surface area contributed by atoms with E-state index in [0.717, 1.165) is 23.8 Å². The zero-order valence-corrected chi connectivity index (χ0v) is 19.3. The van der Waals surface area contributed by atoms with Crippen LogP contribution in [0.4, 0.5) is 17.1 Å². The van der Waals surface area contributed by atoms with Gasteiger partial charge in [0.05, 0.1) is 26.0 Å². The van der Waals surface area contributed by atoms with Gasteiger partial charge in [0.25, 0.3) is 11.6 Å². The van der Waals surface area contributed by atoms with Gasteiger partial charge in [0.15, 0.2) is 5.75 Å². The van der Waals surface area contributed by atoms with Crippen LogP contribution in [0.1, 0.15) is 11.1 Å². The number of hydrogen-bond donors (Lipinski definition) is 1. The van der Waals surface area contributed by atoms with Crippen LogP contribution in [0.3, 0.4) is 0 Å². The van der Waals surface area contributed by atoms with E-state index in [1.165, 1.54) is 18.2 Å². The number of anilines is 1. The molecular formula is C23H14Cl2N4O6. The SMILES string of the molecule is Cc1ccccc1NC(=O)/C(C#N)=C/c1cc(Cl)c(Oc2ccc([N+](=O)[O-])cc2[N+](=O)[O-])c(Cl)c1. The first kappa shape index (κ1) is 25.2. The van der Waals surface area contributed by atoms with Crippen LogP contribution in [0.25, 0.3) is 6.08 Å². The Kier molecular flexibility index (Phi) is 7.66. The summed E-state index contributed by atoms with van der Waals surface area (Å²) in [6.45, 7) is 1.80. The fourth-order valence-corrected chi connectivity index (χ4v) is 3.52. The third-order valence-electron chi connectivity index (χ3n) is 4.65. The van der Waals surface area contributed by atoms with Gasteiger partial charge in [-0.15, -0.1) is 0 Å². The Hall–Kier alpha value is -4.46. The zero-order chi connectivity index (χ0) is 25.7. The number of nitro groups is 2. The molecule has 0 aliphatic heterocycles. The van der Waals surface area contributed by atoms with Crippen molar-refractivity contribution < 1.29 is 19.4 Å². The molecular weight excluding hydrogens is 499 g/mol. The summed E-state index contributed by atoms with van der Waals surface area (Å²) in [5, 5.41) is 34.2. The minimum Gasteiger partial charge on any atom is -0.447 e. The first-order chi connectivity index (χ1) is 16.6. The van der Waals surface area contributed by atoms with Gasteiger partial charge in [0.2, 0.25) is 5.75 Å². The molecule has 176 valence electrons. The van der Waals surface area contributed by atoms with Crippen molar-refractivity contribution >= 4 is 52.2 Å². The number of rotatable bonds is 7. The van der Waals surface area contributed by atoms with Crippen LogP contribution < -0.4 is 10.1 Å². The minimum absolute atomic E-state index is 0.0759. The third kappa shape index (κ3) is 5.92. The van der Waals surface area contributed by atoms with Crippen molar-refractivity contribution in [2.75, 3.05) is 5.32 Å². The highest BCUT2D eigenvalue weighted by atomic mass is 35.5. The average Bonchev–Trinajstić information content (AvgIpc) is 2.81. The number of nitriles is 1. The van der Waals surface area contributed by atoms with Crippen molar-refractivity contribution in [2.24, 2.45) is 0 Å². The lowest BCUT2D eigenvalue weighted by Gasteiger charge is -2.11. The number of hydrogen-bond acceptors (Lipinski definition) is 7. The zero-order valence-electron chi connectivity index (χ0n) is 17.8. The van der Waals surface area contributed by atoms with Gasteiger partial charge < -0.3 is 10.1 Å². The fraction of sp³-hybridized carbons (Fsp3) is 0.0435. The molecule has 35 heavy (non-hydrogen) atoms. The van der Waals surface area contributed by atoms with Crippen LogP contribution in [0, 0.1) is 38.5 Å². The maximum atomic E-state index is 12.6. The molecule has 0 unspecified atom stereocenters. The summed E-state index contributed by atoms with van der Waals surface area (Å²) < 4.78 is 5.50. The number of para-hydroxylation sites is 1. The monoisotopic (exact) mass is 512 g/mol. The van der Waals surface area contributed by atoms with Gasteiger partial charge in [-0.05, 0) is 48.4 Å². The summed E-state index contributed by atoms with van der Waals surface area (Å²) in [6, 6.07) is 14.4. The van der Waals surface area contributed by atoms with E-state index < -0.39 is 27.1 Å². The summed E-state index contributed by atoms with van der Waals surface area (Å²) in [4.78, 5) is 33.2. The topological polar surface area (TPSA) is 148 Å². The van der Waals surface area contributed by atoms with E-state index in [0.29, 0.717) is 11.3 Å². The van der Waals surface area contributed by atoms with Gasteiger partial charge in [0.1, 0.15) is 11.6 Å². The molecule has 0 bridgehead atoms. The standard InChI is InChI=1S/C23H14Cl2N4O6/c1-13-4-2-3-5-19(13)27-23(30)15(12-26)8-14-9-17(24)22(18(25)10-14)35-21-7-6-16(28(31)32)11-20(21)29(33)34/h2-11H,1H3,(H,27,30)/b15-8+. The predicted octanol–water partition coefficient (Wildman–Crippen LogP) is 6.46. The molecule has 0 radical (unpaired) electrons. The first-order valence-electron chi connectivity index (χ1n) is 9.69. The number of carbonyl (C=O) groups is 1. The van der Waals surface area contributed by atoms with Gasteiger partial charge >= 0.3 is 5.69 Å². The fourth-order valence-electron chi connectivity index (χ4n) is 2.94. The van der Waals surface area contributed by atoms with Crippen molar-refractivity contribution in [3.8, 4) is 17.6 Å². The molecule has 0 aliphatic rings. The highest BCUT2D eigenvalue weighted by Gasteiger charge is 2.23. The minimum atomic E-state index is -0.840. The van der Waals surface area contributed by atoms with E-state index in [-0.39, 0.29) is 27.1 Å². The van der Waals surface area contributed by atoms with Crippen molar-refractivity contribution in [1.82, 2.24) is 0 Å². The molecule has 3 rings (SSSR count). The Morgan fingerprint density at radius 3 is 2.29 bits per heavy atom. The third-order valence-corrected chi connectivity index (χ3v) is 5.21. The number of nitro benzene ring substituents is 2. The molecule has 0 aliphatic carbocycles. The number of aryl methyl sites for hydroxylation is 1. The van der Waals surface area contributed by atoms with Crippen LogP contribution in [-0.4, -0.2) is 15.8 Å². The Morgan fingerprint density at radius 2 is 1.71 bits per heavy atom. The lowest BCUT2D eigenvalue weighted by molar-refractivity contribution is -0.394. The number of nitrogens with one attached hydrogen (secondary N) is 1. The van der Waals surface area contributed by atoms with E-state index in [2.05, 4.69) is 5.32 Å². The maximum Gasteiger partial charge on any atom is 0.318 e. The molecule has 0 spiro atoms. The molecule has 3 aromatic rings. The second kappa shape index (κ2) is 10.6. The number of carbonyl (C=O) groups excluding carboxylic acids is 1. The quantitative estimate of drug-likeness (QED) is 0.165. The number of amides is 1. The highest BCUT2D eigenvalue weighted by Crippen LogP contribution is 2.41. The lowest BCUT2D eigenvalue weighted by atomic mass is 10.1. The number of benzene rings is 3. The van der Waals surface area contributed by atoms with E-state index in [9.17, 15) is 30.3 Å². The molecule has 1 amide bonds. The summed E-state index contributed by atoms with van der Waals surface area (Å²) in [5.74, 6) is -1.11. The van der Waals surface area contributed by atoms with Crippen molar-refractivity contribution in [3.63, 3.8) is 0 Å². The van der Waals surface area contributed by atoms with Crippen LogP contribution in [-0.2, 0) is 4.79 Å². The second-order valence-corrected chi connectivity index (χ2v) is 7.84. The molecule has 0 saturated heterocycles. The Balaban J connectivity index is 1.91. The molecule has 0 aromatic heterocycles. The predicted molar refractivity (Wildman–Crippen MR) is 130 cm³/mol. The van der Waals surface area contributed by atoms with Crippen LogP contribution >= 0.6 is 23.2 Å². The van der Waals surface area contributed by atoms with Crippen molar-refractivity contribution in [2.45, 2.75) is 6.92 Å². The van der Waals surface area contributed by atoms with Gasteiger partial charge in [-0.3, -0.25) is 25.0 Å². The van der Waals surface area contributed by atoms with E-state index in [4.69, 9.17) is 27.9 Å².